The zero-order chi connectivity index (χ0) is 19.4. The third-order valence-electron chi connectivity index (χ3n) is 4.52. The van der Waals surface area contributed by atoms with Crippen LogP contribution in [0.2, 0.25) is 0 Å². The molecule has 0 saturated carbocycles. The van der Waals surface area contributed by atoms with Crippen LogP contribution < -0.4 is 5.43 Å². The summed E-state index contributed by atoms with van der Waals surface area (Å²) in [5.41, 5.74) is 1.09. The lowest BCUT2D eigenvalue weighted by Crippen LogP contribution is -2.02. The van der Waals surface area contributed by atoms with E-state index in [9.17, 15) is 20.0 Å². The van der Waals surface area contributed by atoms with Crippen molar-refractivity contribution in [1.82, 2.24) is 4.98 Å². The molecule has 8 nitrogen and oxygen atoms in total. The fraction of sp³-hybridized carbons (Fsp3) is 0. The van der Waals surface area contributed by atoms with E-state index in [0.717, 1.165) is 0 Å². The van der Waals surface area contributed by atoms with Crippen molar-refractivity contribution in [3.05, 3.63) is 74.9 Å². The monoisotopic (exact) mass is 374 g/mol. The van der Waals surface area contributed by atoms with Crippen LogP contribution in [0.25, 0.3) is 44.5 Å². The number of hydrogen-bond acceptors (Lipinski definition) is 7. The SMILES string of the molecule is O=c1c2ccccc2oc2c1c(O)cc1oc(-c3ccc([N+](=O)[O-])cc3)nc12. The van der Waals surface area contributed by atoms with Gasteiger partial charge in [-0.1, -0.05) is 12.1 Å². The average Bonchev–Trinajstić information content (AvgIpc) is 3.12. The zero-order valence-corrected chi connectivity index (χ0v) is 14.1. The molecule has 8 heteroatoms. The van der Waals surface area contributed by atoms with Crippen LogP contribution in [0.4, 0.5) is 5.69 Å². The predicted molar refractivity (Wildman–Crippen MR) is 101 cm³/mol. The fourth-order valence-electron chi connectivity index (χ4n) is 3.18. The molecule has 0 amide bonds. The van der Waals surface area contributed by atoms with Crippen molar-refractivity contribution in [3.8, 4) is 17.2 Å². The van der Waals surface area contributed by atoms with E-state index in [0.29, 0.717) is 16.5 Å². The Morgan fingerprint density at radius 1 is 1.00 bits per heavy atom. The number of oxazole rings is 1. The number of nitrogens with zero attached hydrogens (tertiary/aromatic N) is 2. The number of hydrogen-bond donors (Lipinski definition) is 1. The molecule has 3 aromatic carbocycles. The summed E-state index contributed by atoms with van der Waals surface area (Å²) in [6.07, 6.45) is 0. The first kappa shape index (κ1) is 16.0. The van der Waals surface area contributed by atoms with Crippen molar-refractivity contribution in [2.45, 2.75) is 0 Å². The number of phenols is 1. The number of non-ortho nitro benzene ring substituents is 1. The van der Waals surface area contributed by atoms with Gasteiger partial charge in [-0.3, -0.25) is 14.9 Å². The number of phenolic OH excluding ortho intramolecular Hbond substituents is 1. The first-order chi connectivity index (χ1) is 13.5. The molecule has 0 radical (unpaired) electrons. The second-order valence-electron chi connectivity index (χ2n) is 6.20. The zero-order valence-electron chi connectivity index (χ0n) is 14.1. The fourth-order valence-corrected chi connectivity index (χ4v) is 3.18. The van der Waals surface area contributed by atoms with E-state index < -0.39 is 4.92 Å². The van der Waals surface area contributed by atoms with Gasteiger partial charge >= 0.3 is 0 Å². The van der Waals surface area contributed by atoms with Gasteiger partial charge < -0.3 is 13.9 Å². The molecule has 0 bridgehead atoms. The Hall–Kier alpha value is -4.20. The maximum atomic E-state index is 12.8. The van der Waals surface area contributed by atoms with Gasteiger partial charge in [-0.05, 0) is 24.3 Å². The summed E-state index contributed by atoms with van der Waals surface area (Å²) in [7, 11) is 0. The van der Waals surface area contributed by atoms with Crippen LogP contribution in [0.5, 0.6) is 5.75 Å². The van der Waals surface area contributed by atoms with Crippen LogP contribution in [-0.4, -0.2) is 15.0 Å². The quantitative estimate of drug-likeness (QED) is 0.277. The van der Waals surface area contributed by atoms with Gasteiger partial charge in [0, 0.05) is 23.8 Å². The number of benzene rings is 3. The molecule has 0 aliphatic carbocycles. The molecular formula is C20H10N2O6. The maximum Gasteiger partial charge on any atom is 0.269 e. The number of aromatic hydroxyl groups is 1. The second kappa shape index (κ2) is 5.65. The summed E-state index contributed by atoms with van der Waals surface area (Å²) in [4.78, 5) is 27.5. The van der Waals surface area contributed by atoms with Gasteiger partial charge in [0.15, 0.2) is 16.7 Å². The standard InChI is InChI=1S/C20H10N2O6/c23-13-9-15-17(19-16(13)18(24)12-3-1-2-4-14(12)27-19)21-20(28-15)10-5-7-11(8-6-10)22(25)26/h1-9,23H. The maximum absolute atomic E-state index is 12.8. The third kappa shape index (κ3) is 2.25. The Labute approximate surface area is 155 Å². The van der Waals surface area contributed by atoms with Crippen LogP contribution in [-0.2, 0) is 0 Å². The van der Waals surface area contributed by atoms with Gasteiger partial charge in [-0.15, -0.1) is 0 Å². The normalized spacial score (nSPS) is 11.4. The number of rotatable bonds is 2. The van der Waals surface area contributed by atoms with E-state index in [1.165, 1.54) is 30.3 Å². The van der Waals surface area contributed by atoms with Gasteiger partial charge in [0.05, 0.1) is 10.3 Å². The summed E-state index contributed by atoms with van der Waals surface area (Å²) < 4.78 is 11.5. The van der Waals surface area contributed by atoms with E-state index in [2.05, 4.69) is 4.98 Å². The Morgan fingerprint density at radius 3 is 2.50 bits per heavy atom. The van der Waals surface area contributed by atoms with Crippen LogP contribution in [0, 0.1) is 10.1 Å². The highest BCUT2D eigenvalue weighted by atomic mass is 16.6. The van der Waals surface area contributed by atoms with Crippen molar-refractivity contribution in [2.24, 2.45) is 0 Å². The lowest BCUT2D eigenvalue weighted by atomic mass is 10.1. The Kier molecular flexibility index (Phi) is 3.23. The van der Waals surface area contributed by atoms with Gasteiger partial charge in [-0.25, -0.2) is 4.98 Å². The number of para-hydroxylation sites is 1. The van der Waals surface area contributed by atoms with Crippen molar-refractivity contribution >= 4 is 38.7 Å². The van der Waals surface area contributed by atoms with Gasteiger partial charge in [0.1, 0.15) is 16.7 Å². The van der Waals surface area contributed by atoms with Crippen molar-refractivity contribution in [1.29, 1.82) is 0 Å². The molecule has 0 saturated heterocycles. The largest absolute Gasteiger partial charge is 0.507 e. The average molecular weight is 374 g/mol. The Morgan fingerprint density at radius 2 is 1.75 bits per heavy atom. The van der Waals surface area contributed by atoms with Crippen LogP contribution in [0.1, 0.15) is 0 Å². The van der Waals surface area contributed by atoms with Crippen molar-refractivity contribution in [3.63, 3.8) is 0 Å². The third-order valence-corrected chi connectivity index (χ3v) is 4.52. The van der Waals surface area contributed by atoms with E-state index in [1.54, 1.807) is 24.3 Å². The molecule has 0 aliphatic heterocycles. The highest BCUT2D eigenvalue weighted by Gasteiger charge is 2.20. The first-order valence-electron chi connectivity index (χ1n) is 8.26. The lowest BCUT2D eigenvalue weighted by molar-refractivity contribution is -0.384. The summed E-state index contributed by atoms with van der Waals surface area (Å²) in [6.45, 7) is 0. The smallest absolute Gasteiger partial charge is 0.269 e. The number of nitro groups is 1. The molecule has 0 unspecified atom stereocenters. The van der Waals surface area contributed by atoms with Crippen LogP contribution in [0.15, 0.2) is 68.2 Å². The molecular weight excluding hydrogens is 364 g/mol. The second-order valence-corrected chi connectivity index (χ2v) is 6.20. The summed E-state index contributed by atoms with van der Waals surface area (Å²) in [6, 6.07) is 13.7. The molecule has 0 spiro atoms. The minimum Gasteiger partial charge on any atom is -0.507 e. The van der Waals surface area contributed by atoms with Gasteiger partial charge in [-0.2, -0.15) is 0 Å². The highest BCUT2D eigenvalue weighted by Crippen LogP contribution is 2.35. The molecule has 28 heavy (non-hydrogen) atoms. The van der Waals surface area contributed by atoms with E-state index in [4.69, 9.17) is 8.83 Å². The molecule has 2 aromatic heterocycles. The number of nitro benzene ring substituents is 1. The van der Waals surface area contributed by atoms with Crippen LogP contribution >= 0.6 is 0 Å². The summed E-state index contributed by atoms with van der Waals surface area (Å²) >= 11 is 0. The summed E-state index contributed by atoms with van der Waals surface area (Å²) in [5.74, 6) is -0.0824. The first-order valence-corrected chi connectivity index (χ1v) is 8.26. The minimum atomic E-state index is -0.499. The molecule has 0 atom stereocenters. The van der Waals surface area contributed by atoms with Crippen molar-refractivity contribution < 1.29 is 18.9 Å². The number of fused-ring (bicyclic) bond motifs is 4. The van der Waals surface area contributed by atoms with Gasteiger partial charge in [0.25, 0.3) is 5.69 Å². The molecule has 0 fully saturated rings. The van der Waals surface area contributed by atoms with Crippen molar-refractivity contribution in [2.75, 3.05) is 0 Å². The molecule has 5 aromatic rings. The molecule has 5 rings (SSSR count). The topological polar surface area (TPSA) is 120 Å². The molecule has 2 heterocycles. The predicted octanol–water partition coefficient (Wildman–Crippen LogP) is 4.37. The van der Waals surface area contributed by atoms with Gasteiger partial charge in [0.2, 0.25) is 11.3 Å². The van der Waals surface area contributed by atoms with Crippen LogP contribution in [0.3, 0.4) is 0 Å². The highest BCUT2D eigenvalue weighted by molar-refractivity contribution is 6.06. The van der Waals surface area contributed by atoms with E-state index >= 15 is 0 Å². The van der Waals surface area contributed by atoms with E-state index in [1.807, 2.05) is 0 Å². The summed E-state index contributed by atoms with van der Waals surface area (Å²) in [5, 5.41) is 21.5. The van der Waals surface area contributed by atoms with E-state index in [-0.39, 0.29) is 44.8 Å². The Balaban J connectivity index is 1.81. The lowest BCUT2D eigenvalue weighted by Gasteiger charge is -2.03. The molecule has 1 N–H and O–H groups in total. The number of aromatic nitrogens is 1. The molecule has 136 valence electrons. The Bertz CT molecular complexity index is 1460. The minimum absolute atomic E-state index is 0.0229. The molecule has 0 aliphatic rings.